The summed E-state index contributed by atoms with van der Waals surface area (Å²) in [6.07, 6.45) is 0. The summed E-state index contributed by atoms with van der Waals surface area (Å²) in [4.78, 5) is 12.0. The van der Waals surface area contributed by atoms with E-state index >= 15 is 0 Å². The largest absolute Gasteiger partial charge is 0.392 e. The third-order valence-corrected chi connectivity index (χ3v) is 5.10. The predicted octanol–water partition coefficient (Wildman–Crippen LogP) is 4.74. The molecule has 1 heterocycles. The van der Waals surface area contributed by atoms with Crippen LogP contribution in [0.3, 0.4) is 0 Å². The van der Waals surface area contributed by atoms with E-state index in [9.17, 15) is 9.90 Å². The minimum atomic E-state index is -0.475. The van der Waals surface area contributed by atoms with Crippen LogP contribution in [0.5, 0.6) is 0 Å². The minimum absolute atomic E-state index is 0.0663. The van der Waals surface area contributed by atoms with Gasteiger partial charge in [-0.1, -0.05) is 41.4 Å². The molecule has 6 heteroatoms. The number of aliphatic hydroxyl groups is 1. The smallest absolute Gasteiger partial charge is 0.249 e. The standard InChI is InChI=1S/C21H16Cl2N2O2/c22-14-6-13(7-15(23)9-14)10-25-18-3-1-2-17(21(24)27)20(18)16-5-4-12(11-26)8-19(16)25/h1-9,26H,10-11H2,(H2,24,27). The number of hydrogen-bond donors (Lipinski definition) is 2. The number of benzene rings is 3. The van der Waals surface area contributed by atoms with Crippen molar-refractivity contribution in [1.82, 2.24) is 4.57 Å². The summed E-state index contributed by atoms with van der Waals surface area (Å²) >= 11 is 12.3. The molecular weight excluding hydrogens is 383 g/mol. The van der Waals surface area contributed by atoms with Gasteiger partial charge in [-0.3, -0.25) is 4.79 Å². The lowest BCUT2D eigenvalue weighted by Crippen LogP contribution is -2.11. The maximum atomic E-state index is 12.0. The first kappa shape index (κ1) is 17.9. The Kier molecular flexibility index (Phi) is 4.56. The highest BCUT2D eigenvalue weighted by Gasteiger charge is 2.17. The topological polar surface area (TPSA) is 68.2 Å². The molecule has 0 fully saturated rings. The molecule has 0 atom stereocenters. The number of rotatable bonds is 4. The second-order valence-corrected chi connectivity index (χ2v) is 7.31. The molecule has 0 aliphatic heterocycles. The average molecular weight is 399 g/mol. The van der Waals surface area contributed by atoms with Gasteiger partial charge in [0.2, 0.25) is 5.91 Å². The van der Waals surface area contributed by atoms with Crippen molar-refractivity contribution in [2.24, 2.45) is 5.73 Å². The minimum Gasteiger partial charge on any atom is -0.392 e. The molecule has 0 unspecified atom stereocenters. The Labute approximate surface area is 165 Å². The molecule has 0 bridgehead atoms. The van der Waals surface area contributed by atoms with Gasteiger partial charge in [0.1, 0.15) is 0 Å². The summed E-state index contributed by atoms with van der Waals surface area (Å²) in [6, 6.07) is 16.6. The van der Waals surface area contributed by atoms with Crippen LogP contribution in [0.15, 0.2) is 54.6 Å². The number of hydrogen-bond acceptors (Lipinski definition) is 2. The number of aromatic nitrogens is 1. The van der Waals surface area contributed by atoms with E-state index in [1.54, 1.807) is 12.1 Å². The Morgan fingerprint density at radius 2 is 1.70 bits per heavy atom. The molecule has 0 spiro atoms. The first-order chi connectivity index (χ1) is 13.0. The molecule has 3 N–H and O–H groups in total. The number of nitrogens with two attached hydrogens (primary N) is 1. The van der Waals surface area contributed by atoms with Crippen molar-refractivity contribution in [2.45, 2.75) is 13.2 Å². The van der Waals surface area contributed by atoms with Crippen LogP contribution in [0.1, 0.15) is 21.5 Å². The van der Waals surface area contributed by atoms with Crippen molar-refractivity contribution >= 4 is 50.9 Å². The molecule has 4 aromatic rings. The zero-order valence-electron chi connectivity index (χ0n) is 14.2. The van der Waals surface area contributed by atoms with Gasteiger partial charge in [-0.25, -0.2) is 0 Å². The number of primary amides is 1. The molecule has 1 amide bonds. The first-order valence-electron chi connectivity index (χ1n) is 8.37. The van der Waals surface area contributed by atoms with Gasteiger partial charge >= 0.3 is 0 Å². The highest BCUT2D eigenvalue weighted by atomic mass is 35.5. The fourth-order valence-electron chi connectivity index (χ4n) is 3.55. The van der Waals surface area contributed by atoms with Crippen LogP contribution in [0.2, 0.25) is 10.0 Å². The summed E-state index contributed by atoms with van der Waals surface area (Å²) in [7, 11) is 0. The number of amides is 1. The molecule has 136 valence electrons. The quantitative estimate of drug-likeness (QED) is 0.521. The predicted molar refractivity (Wildman–Crippen MR) is 109 cm³/mol. The van der Waals surface area contributed by atoms with Crippen molar-refractivity contribution in [1.29, 1.82) is 0 Å². The summed E-state index contributed by atoms with van der Waals surface area (Å²) in [5.41, 5.74) is 9.58. The van der Waals surface area contributed by atoms with E-state index in [1.807, 2.05) is 42.5 Å². The maximum absolute atomic E-state index is 12.0. The molecule has 0 aliphatic carbocycles. The van der Waals surface area contributed by atoms with E-state index in [1.165, 1.54) is 0 Å². The van der Waals surface area contributed by atoms with Crippen molar-refractivity contribution in [3.05, 3.63) is 81.3 Å². The van der Waals surface area contributed by atoms with Crippen LogP contribution >= 0.6 is 23.2 Å². The van der Waals surface area contributed by atoms with Gasteiger partial charge in [-0.2, -0.15) is 0 Å². The molecule has 4 nitrogen and oxygen atoms in total. The maximum Gasteiger partial charge on any atom is 0.249 e. The molecule has 0 saturated carbocycles. The lowest BCUT2D eigenvalue weighted by molar-refractivity contribution is 0.100. The number of fused-ring (bicyclic) bond motifs is 3. The Morgan fingerprint density at radius 1 is 0.963 bits per heavy atom. The van der Waals surface area contributed by atoms with Gasteiger partial charge in [-0.05, 0) is 47.5 Å². The van der Waals surface area contributed by atoms with Gasteiger partial charge in [0.15, 0.2) is 0 Å². The number of nitrogens with zero attached hydrogens (tertiary/aromatic N) is 1. The van der Waals surface area contributed by atoms with E-state index < -0.39 is 5.91 Å². The molecule has 0 saturated heterocycles. The van der Waals surface area contributed by atoms with E-state index in [0.717, 1.165) is 32.9 Å². The highest BCUT2D eigenvalue weighted by molar-refractivity contribution is 6.34. The summed E-state index contributed by atoms with van der Waals surface area (Å²) in [5.74, 6) is -0.475. The zero-order chi connectivity index (χ0) is 19.1. The van der Waals surface area contributed by atoms with Crippen molar-refractivity contribution < 1.29 is 9.90 Å². The fraction of sp³-hybridized carbons (Fsp3) is 0.0952. The summed E-state index contributed by atoms with van der Waals surface area (Å²) < 4.78 is 2.08. The van der Waals surface area contributed by atoms with Crippen molar-refractivity contribution in [2.75, 3.05) is 0 Å². The highest BCUT2D eigenvalue weighted by Crippen LogP contribution is 2.33. The monoisotopic (exact) mass is 398 g/mol. The zero-order valence-corrected chi connectivity index (χ0v) is 15.8. The van der Waals surface area contributed by atoms with Crippen LogP contribution in [0, 0.1) is 0 Å². The Morgan fingerprint density at radius 3 is 2.37 bits per heavy atom. The normalized spacial score (nSPS) is 11.4. The number of aliphatic hydroxyl groups excluding tert-OH is 1. The summed E-state index contributed by atoms with van der Waals surface area (Å²) in [6.45, 7) is 0.445. The van der Waals surface area contributed by atoms with E-state index in [-0.39, 0.29) is 6.61 Å². The lowest BCUT2D eigenvalue weighted by atomic mass is 10.0. The molecular formula is C21H16Cl2N2O2. The van der Waals surface area contributed by atoms with Crippen molar-refractivity contribution in [3.63, 3.8) is 0 Å². The molecule has 4 rings (SSSR count). The van der Waals surface area contributed by atoms with E-state index in [0.29, 0.717) is 22.2 Å². The Bertz CT molecular complexity index is 1180. The first-order valence-corrected chi connectivity index (χ1v) is 9.13. The second kappa shape index (κ2) is 6.89. The number of carbonyl (C=O) groups is 1. The average Bonchev–Trinajstić information content (AvgIpc) is 2.94. The fourth-order valence-corrected chi connectivity index (χ4v) is 4.12. The van der Waals surface area contributed by atoms with Gasteiger partial charge in [0.05, 0.1) is 12.1 Å². The summed E-state index contributed by atoms with van der Waals surface area (Å²) in [5, 5.41) is 12.4. The van der Waals surface area contributed by atoms with Gasteiger partial charge < -0.3 is 15.4 Å². The van der Waals surface area contributed by atoms with E-state index in [2.05, 4.69) is 4.57 Å². The number of halogens is 2. The second-order valence-electron chi connectivity index (χ2n) is 6.44. The Hall–Kier alpha value is -2.53. The van der Waals surface area contributed by atoms with Crippen LogP contribution in [0.4, 0.5) is 0 Å². The third-order valence-electron chi connectivity index (χ3n) is 4.67. The van der Waals surface area contributed by atoms with Gasteiger partial charge in [-0.15, -0.1) is 0 Å². The Balaban J connectivity index is 2.04. The number of carbonyl (C=O) groups excluding carboxylic acids is 1. The van der Waals surface area contributed by atoms with Crippen LogP contribution in [0.25, 0.3) is 21.8 Å². The van der Waals surface area contributed by atoms with Gasteiger partial charge in [0, 0.05) is 38.4 Å². The van der Waals surface area contributed by atoms with Gasteiger partial charge in [0.25, 0.3) is 0 Å². The van der Waals surface area contributed by atoms with Crippen LogP contribution in [-0.4, -0.2) is 15.6 Å². The lowest BCUT2D eigenvalue weighted by Gasteiger charge is -2.10. The molecule has 27 heavy (non-hydrogen) atoms. The third kappa shape index (κ3) is 3.16. The molecule has 1 aromatic heterocycles. The molecule has 0 radical (unpaired) electrons. The molecule has 3 aromatic carbocycles. The van der Waals surface area contributed by atoms with Crippen molar-refractivity contribution in [3.8, 4) is 0 Å². The van der Waals surface area contributed by atoms with Crippen LogP contribution in [-0.2, 0) is 13.2 Å². The molecule has 0 aliphatic rings. The van der Waals surface area contributed by atoms with Crippen LogP contribution < -0.4 is 5.73 Å². The SMILES string of the molecule is NC(=O)c1cccc2c1c1ccc(CO)cc1n2Cc1cc(Cl)cc(Cl)c1. The van der Waals surface area contributed by atoms with E-state index in [4.69, 9.17) is 28.9 Å².